The molecule has 0 saturated carbocycles. The molecule has 0 fully saturated rings. The molecule has 0 saturated heterocycles. The first-order chi connectivity index (χ1) is 11.8. The third-order valence-corrected chi connectivity index (χ3v) is 3.90. The van der Waals surface area contributed by atoms with Crippen LogP contribution in [0.2, 0.25) is 0 Å². The summed E-state index contributed by atoms with van der Waals surface area (Å²) in [5, 5.41) is 3.20. The Balaban J connectivity index is 1.98. The number of para-hydroxylation sites is 1. The second-order valence-corrected chi connectivity index (χ2v) is 5.49. The number of rotatable bonds is 6. The highest BCUT2D eigenvalue weighted by atomic mass is 16.1. The minimum Gasteiger partial charge on any atom is -0.355 e. The van der Waals surface area contributed by atoms with Crippen LogP contribution >= 0.6 is 0 Å². The Labute approximate surface area is 141 Å². The molecular weight excluding hydrogens is 298 g/mol. The van der Waals surface area contributed by atoms with Crippen molar-refractivity contribution in [1.82, 2.24) is 0 Å². The zero-order valence-corrected chi connectivity index (χ0v) is 13.1. The molecule has 1 N–H and O–H groups in total. The predicted octanol–water partition coefficient (Wildman–Crippen LogP) is 4.65. The summed E-state index contributed by atoms with van der Waals surface area (Å²) < 4.78 is 0. The smallest absolute Gasteiger partial charge is 0.152 e. The highest BCUT2D eigenvalue weighted by molar-refractivity contribution is 5.98. The molecule has 0 bridgehead atoms. The maximum atomic E-state index is 11.6. The van der Waals surface area contributed by atoms with E-state index in [1.165, 1.54) is 0 Å². The van der Waals surface area contributed by atoms with Crippen molar-refractivity contribution in [1.29, 1.82) is 0 Å². The van der Waals surface area contributed by atoms with Crippen LogP contribution in [-0.4, -0.2) is 12.6 Å². The zero-order valence-electron chi connectivity index (χ0n) is 13.1. The Morgan fingerprint density at radius 1 is 0.708 bits per heavy atom. The standard InChI is InChI=1S/C21H17NO2/c23-14-19-17(13-16-7-3-1-4-8-16)11-12-21(20(19)15-24)22-18-9-5-2-6-10-18/h1-12,14-15,22H,13H2. The molecule has 0 aliphatic carbocycles. The topological polar surface area (TPSA) is 46.2 Å². The van der Waals surface area contributed by atoms with Gasteiger partial charge in [-0.2, -0.15) is 0 Å². The molecule has 0 atom stereocenters. The molecule has 3 nitrogen and oxygen atoms in total. The second kappa shape index (κ2) is 7.38. The molecule has 0 heterocycles. The summed E-state index contributed by atoms with van der Waals surface area (Å²) in [5.41, 5.74) is 4.28. The lowest BCUT2D eigenvalue weighted by Crippen LogP contribution is -2.04. The Kier molecular flexibility index (Phi) is 4.82. The van der Waals surface area contributed by atoms with Crippen molar-refractivity contribution in [2.24, 2.45) is 0 Å². The fourth-order valence-electron chi connectivity index (χ4n) is 2.70. The van der Waals surface area contributed by atoms with Crippen molar-refractivity contribution in [2.75, 3.05) is 5.32 Å². The molecule has 0 radical (unpaired) electrons. The number of aldehydes is 2. The highest BCUT2D eigenvalue weighted by Crippen LogP contribution is 2.26. The minimum absolute atomic E-state index is 0.391. The molecule has 3 aromatic carbocycles. The Morgan fingerprint density at radius 3 is 1.96 bits per heavy atom. The molecule has 3 rings (SSSR count). The van der Waals surface area contributed by atoms with Crippen LogP contribution in [0.3, 0.4) is 0 Å². The van der Waals surface area contributed by atoms with E-state index in [2.05, 4.69) is 5.32 Å². The van der Waals surface area contributed by atoms with Gasteiger partial charge < -0.3 is 5.32 Å². The molecule has 0 aliphatic heterocycles. The highest BCUT2D eigenvalue weighted by Gasteiger charge is 2.13. The monoisotopic (exact) mass is 315 g/mol. The van der Waals surface area contributed by atoms with E-state index < -0.39 is 0 Å². The van der Waals surface area contributed by atoms with Gasteiger partial charge in [0.1, 0.15) is 0 Å². The van der Waals surface area contributed by atoms with E-state index in [1.54, 1.807) is 0 Å². The van der Waals surface area contributed by atoms with E-state index in [0.717, 1.165) is 29.4 Å². The summed E-state index contributed by atoms with van der Waals surface area (Å²) in [6.07, 6.45) is 2.11. The predicted molar refractivity (Wildman–Crippen MR) is 96.2 cm³/mol. The van der Waals surface area contributed by atoms with Crippen LogP contribution in [0.5, 0.6) is 0 Å². The summed E-state index contributed by atoms with van der Waals surface area (Å²) >= 11 is 0. The number of benzene rings is 3. The lowest BCUT2D eigenvalue weighted by Gasteiger charge is -2.14. The van der Waals surface area contributed by atoms with Gasteiger partial charge in [-0.05, 0) is 35.7 Å². The average molecular weight is 315 g/mol. The lowest BCUT2D eigenvalue weighted by molar-refractivity contribution is 0.109. The van der Waals surface area contributed by atoms with Gasteiger partial charge in [0.2, 0.25) is 0 Å². The molecule has 0 spiro atoms. The third kappa shape index (κ3) is 3.41. The summed E-state index contributed by atoms with van der Waals surface area (Å²) in [6, 6.07) is 23.2. The van der Waals surface area contributed by atoms with Crippen molar-refractivity contribution in [3.63, 3.8) is 0 Å². The molecule has 0 aromatic heterocycles. The van der Waals surface area contributed by atoms with Crippen LogP contribution in [0.1, 0.15) is 31.8 Å². The molecule has 0 amide bonds. The van der Waals surface area contributed by atoms with E-state index >= 15 is 0 Å². The van der Waals surface area contributed by atoms with E-state index in [0.29, 0.717) is 23.2 Å². The fourth-order valence-corrected chi connectivity index (χ4v) is 2.70. The number of carbonyl (C=O) groups is 2. The molecule has 0 aliphatic rings. The molecule has 3 aromatic rings. The quantitative estimate of drug-likeness (QED) is 0.674. The summed E-state index contributed by atoms with van der Waals surface area (Å²) in [6.45, 7) is 0. The van der Waals surface area contributed by atoms with Gasteiger partial charge in [-0.3, -0.25) is 9.59 Å². The van der Waals surface area contributed by atoms with Gasteiger partial charge in [0, 0.05) is 22.5 Å². The fraction of sp³-hybridized carbons (Fsp3) is 0.0476. The maximum absolute atomic E-state index is 11.6. The van der Waals surface area contributed by atoms with Crippen molar-refractivity contribution in [2.45, 2.75) is 6.42 Å². The molecule has 0 unspecified atom stereocenters. The molecule has 24 heavy (non-hydrogen) atoms. The molecule has 3 heteroatoms. The molecular formula is C21H17NO2. The third-order valence-electron chi connectivity index (χ3n) is 3.90. The van der Waals surface area contributed by atoms with E-state index in [-0.39, 0.29) is 0 Å². The van der Waals surface area contributed by atoms with E-state index in [9.17, 15) is 9.59 Å². The Bertz CT molecular complexity index is 770. The first-order valence-corrected chi connectivity index (χ1v) is 7.74. The van der Waals surface area contributed by atoms with Gasteiger partial charge in [0.15, 0.2) is 12.6 Å². The number of hydrogen-bond donors (Lipinski definition) is 1. The normalized spacial score (nSPS) is 10.2. The number of anilines is 2. The van der Waals surface area contributed by atoms with Crippen LogP contribution in [0, 0.1) is 0 Å². The van der Waals surface area contributed by atoms with Crippen molar-refractivity contribution >= 4 is 23.9 Å². The molecule has 118 valence electrons. The van der Waals surface area contributed by atoms with Crippen molar-refractivity contribution < 1.29 is 9.59 Å². The maximum Gasteiger partial charge on any atom is 0.152 e. The average Bonchev–Trinajstić information content (AvgIpc) is 2.64. The number of nitrogens with one attached hydrogen (secondary N) is 1. The van der Waals surface area contributed by atoms with Crippen molar-refractivity contribution in [3.8, 4) is 0 Å². The van der Waals surface area contributed by atoms with Crippen LogP contribution < -0.4 is 5.32 Å². The zero-order chi connectivity index (χ0) is 16.8. The van der Waals surface area contributed by atoms with Gasteiger partial charge in [-0.25, -0.2) is 0 Å². The minimum atomic E-state index is 0.391. The summed E-state index contributed by atoms with van der Waals surface area (Å²) in [7, 11) is 0. The Morgan fingerprint density at radius 2 is 1.33 bits per heavy atom. The SMILES string of the molecule is O=Cc1c(Cc2ccccc2)ccc(Nc2ccccc2)c1C=O. The van der Waals surface area contributed by atoms with Crippen molar-refractivity contribution in [3.05, 3.63) is 95.1 Å². The van der Waals surface area contributed by atoms with Crippen LogP contribution in [0.15, 0.2) is 72.8 Å². The van der Waals surface area contributed by atoms with Gasteiger partial charge in [-0.15, -0.1) is 0 Å². The van der Waals surface area contributed by atoms with Crippen LogP contribution in [-0.2, 0) is 6.42 Å². The first-order valence-electron chi connectivity index (χ1n) is 7.74. The van der Waals surface area contributed by atoms with Crippen LogP contribution in [0.25, 0.3) is 0 Å². The first kappa shape index (κ1) is 15.7. The van der Waals surface area contributed by atoms with Crippen LogP contribution in [0.4, 0.5) is 11.4 Å². The van der Waals surface area contributed by atoms with Gasteiger partial charge >= 0.3 is 0 Å². The van der Waals surface area contributed by atoms with E-state index in [1.807, 2.05) is 72.8 Å². The van der Waals surface area contributed by atoms with Gasteiger partial charge in [0.05, 0.1) is 0 Å². The lowest BCUT2D eigenvalue weighted by atomic mass is 9.95. The second-order valence-electron chi connectivity index (χ2n) is 5.49. The number of carbonyl (C=O) groups excluding carboxylic acids is 2. The summed E-state index contributed by atoms with van der Waals surface area (Å²) in [5.74, 6) is 0. The largest absolute Gasteiger partial charge is 0.355 e. The van der Waals surface area contributed by atoms with Gasteiger partial charge in [0.25, 0.3) is 0 Å². The van der Waals surface area contributed by atoms with E-state index in [4.69, 9.17) is 0 Å². The Hall–Kier alpha value is -3.20. The van der Waals surface area contributed by atoms with Gasteiger partial charge in [-0.1, -0.05) is 54.6 Å². The summed E-state index contributed by atoms with van der Waals surface area (Å²) in [4.78, 5) is 23.2. The number of hydrogen-bond acceptors (Lipinski definition) is 3.